The molecular weight excluding hydrogens is 238 g/mol. The second-order valence-corrected chi connectivity index (χ2v) is 3.88. The van der Waals surface area contributed by atoms with Crippen molar-refractivity contribution >= 4 is 22.7 Å². The number of fused-ring (bicyclic) bond motifs is 1. The van der Waals surface area contributed by atoms with Gasteiger partial charge in [0.2, 0.25) is 5.91 Å². The van der Waals surface area contributed by atoms with Gasteiger partial charge in [-0.1, -0.05) is 0 Å². The topological polar surface area (TPSA) is 113 Å². The van der Waals surface area contributed by atoms with Crippen molar-refractivity contribution in [2.45, 2.75) is 6.04 Å². The molecule has 0 aliphatic rings. The van der Waals surface area contributed by atoms with Crippen LogP contribution in [0.5, 0.6) is 0 Å². The van der Waals surface area contributed by atoms with Gasteiger partial charge in [-0.25, -0.2) is 4.79 Å². The van der Waals surface area contributed by atoms with Gasteiger partial charge in [0.15, 0.2) is 5.58 Å². The molecule has 96 valence electrons. The smallest absolute Gasteiger partial charge is 0.408 e. The fourth-order valence-corrected chi connectivity index (χ4v) is 1.60. The van der Waals surface area contributed by atoms with E-state index in [1.54, 1.807) is 18.2 Å². The van der Waals surface area contributed by atoms with E-state index in [0.717, 1.165) is 0 Å². The number of nitrogens with one attached hydrogen (secondary N) is 1. The van der Waals surface area contributed by atoms with Crippen molar-refractivity contribution in [3.05, 3.63) is 28.7 Å². The summed E-state index contributed by atoms with van der Waals surface area (Å²) in [6, 6.07) is 3.84. The number of carbonyl (C=O) groups excluding carboxylic acids is 1. The van der Waals surface area contributed by atoms with Crippen molar-refractivity contribution in [1.82, 2.24) is 4.98 Å². The summed E-state index contributed by atoms with van der Waals surface area (Å²) in [4.78, 5) is 26.6. The lowest BCUT2D eigenvalue weighted by Crippen LogP contribution is -2.44. The molecule has 2 aromatic rings. The number of rotatable bonds is 3. The van der Waals surface area contributed by atoms with Crippen molar-refractivity contribution in [2.24, 2.45) is 5.73 Å². The number of hydrogen-bond donors (Lipinski definition) is 3. The SMILES string of the molecule is CN(C(=O)C(N)CO)c1ccc2oc(=O)[nH]c2c1. The van der Waals surface area contributed by atoms with Crippen molar-refractivity contribution < 1.29 is 14.3 Å². The summed E-state index contributed by atoms with van der Waals surface area (Å²) in [5.41, 5.74) is 6.91. The Kier molecular flexibility index (Phi) is 3.17. The summed E-state index contributed by atoms with van der Waals surface area (Å²) < 4.78 is 4.85. The Bertz CT molecular complexity index is 630. The van der Waals surface area contributed by atoms with Crippen LogP contribution < -0.4 is 16.4 Å². The van der Waals surface area contributed by atoms with Gasteiger partial charge in [0, 0.05) is 12.7 Å². The predicted octanol–water partition coefficient (Wildman–Crippen LogP) is -0.597. The number of benzene rings is 1. The molecule has 1 aromatic heterocycles. The van der Waals surface area contributed by atoms with Crippen LogP contribution in [0.2, 0.25) is 0 Å². The summed E-state index contributed by atoms with van der Waals surface area (Å²) in [7, 11) is 1.54. The Balaban J connectivity index is 2.35. The number of nitrogens with zero attached hydrogens (tertiary/aromatic N) is 1. The van der Waals surface area contributed by atoms with Crippen molar-refractivity contribution in [3.8, 4) is 0 Å². The first-order valence-electron chi connectivity index (χ1n) is 5.30. The second-order valence-electron chi connectivity index (χ2n) is 3.88. The summed E-state index contributed by atoms with van der Waals surface area (Å²) in [5.74, 6) is -0.967. The van der Waals surface area contributed by atoms with Crippen molar-refractivity contribution in [3.63, 3.8) is 0 Å². The molecule has 1 heterocycles. The van der Waals surface area contributed by atoms with Crippen LogP contribution in [0.4, 0.5) is 5.69 Å². The molecule has 0 aliphatic heterocycles. The number of aliphatic hydroxyl groups is 1. The molecule has 0 saturated heterocycles. The third-order valence-corrected chi connectivity index (χ3v) is 2.63. The van der Waals surface area contributed by atoms with Gasteiger partial charge in [-0.05, 0) is 18.2 Å². The standard InChI is InChI=1S/C11H13N3O4/c1-14(10(16)7(12)5-15)6-2-3-9-8(4-6)13-11(17)18-9/h2-4,7,15H,5,12H2,1H3,(H,13,17). The van der Waals surface area contributed by atoms with Crippen LogP contribution in [0.25, 0.3) is 11.1 Å². The number of anilines is 1. The molecule has 0 spiro atoms. The number of oxazole rings is 1. The molecule has 1 amide bonds. The number of likely N-dealkylation sites (N-methyl/N-ethyl adjacent to an activating group) is 1. The lowest BCUT2D eigenvalue weighted by molar-refractivity contribution is -0.120. The summed E-state index contributed by atoms with van der Waals surface area (Å²) >= 11 is 0. The molecule has 1 unspecified atom stereocenters. The van der Waals surface area contributed by atoms with Gasteiger partial charge >= 0.3 is 5.76 Å². The average Bonchev–Trinajstić information content (AvgIpc) is 2.74. The number of nitrogens with two attached hydrogens (primary N) is 1. The fraction of sp³-hybridized carbons (Fsp3) is 0.273. The van der Waals surface area contributed by atoms with E-state index in [1.165, 1.54) is 11.9 Å². The minimum absolute atomic E-state index is 0.413. The highest BCUT2D eigenvalue weighted by molar-refractivity contribution is 5.97. The second kappa shape index (κ2) is 4.63. The van der Waals surface area contributed by atoms with Crippen LogP contribution in [0.15, 0.2) is 27.4 Å². The average molecular weight is 251 g/mol. The summed E-state index contributed by atoms with van der Waals surface area (Å²) in [5, 5.41) is 8.84. The number of aliphatic hydroxyl groups excluding tert-OH is 1. The molecule has 1 aromatic carbocycles. The van der Waals surface area contributed by atoms with Crippen molar-refractivity contribution in [1.29, 1.82) is 0 Å². The first kappa shape index (κ1) is 12.3. The highest BCUT2D eigenvalue weighted by Crippen LogP contribution is 2.19. The molecule has 0 fully saturated rings. The molecule has 0 radical (unpaired) electrons. The van der Waals surface area contributed by atoms with Crippen LogP contribution in [0.1, 0.15) is 0 Å². The summed E-state index contributed by atoms with van der Waals surface area (Å²) in [6.45, 7) is -0.423. The lowest BCUT2D eigenvalue weighted by atomic mass is 10.2. The highest BCUT2D eigenvalue weighted by Gasteiger charge is 2.18. The van der Waals surface area contributed by atoms with E-state index in [0.29, 0.717) is 16.8 Å². The Morgan fingerprint density at radius 2 is 2.33 bits per heavy atom. The van der Waals surface area contributed by atoms with E-state index >= 15 is 0 Å². The molecule has 0 aliphatic carbocycles. The number of amides is 1. The Hall–Kier alpha value is -2.12. The maximum absolute atomic E-state index is 11.8. The van der Waals surface area contributed by atoms with Gasteiger partial charge in [0.1, 0.15) is 6.04 Å². The maximum Gasteiger partial charge on any atom is 0.417 e. The van der Waals surface area contributed by atoms with E-state index in [9.17, 15) is 9.59 Å². The quantitative estimate of drug-likeness (QED) is 0.674. The molecule has 4 N–H and O–H groups in total. The fourth-order valence-electron chi connectivity index (χ4n) is 1.60. The first-order chi connectivity index (χ1) is 8.52. The van der Waals surface area contributed by atoms with E-state index < -0.39 is 24.3 Å². The molecule has 2 rings (SSSR count). The van der Waals surface area contributed by atoms with Gasteiger partial charge in [0.05, 0.1) is 12.1 Å². The number of H-pyrrole nitrogens is 1. The van der Waals surface area contributed by atoms with E-state index in [2.05, 4.69) is 4.98 Å². The first-order valence-corrected chi connectivity index (χ1v) is 5.30. The Morgan fingerprint density at radius 3 is 3.00 bits per heavy atom. The number of aromatic nitrogens is 1. The number of aromatic amines is 1. The van der Waals surface area contributed by atoms with E-state index in [-0.39, 0.29) is 0 Å². The van der Waals surface area contributed by atoms with Gasteiger partial charge in [0.25, 0.3) is 0 Å². The molecule has 18 heavy (non-hydrogen) atoms. The van der Waals surface area contributed by atoms with Crippen LogP contribution >= 0.6 is 0 Å². The van der Waals surface area contributed by atoms with Gasteiger partial charge in [-0.3, -0.25) is 9.78 Å². The number of carbonyl (C=O) groups is 1. The summed E-state index contributed by atoms with van der Waals surface area (Å²) in [6.07, 6.45) is 0. The van der Waals surface area contributed by atoms with Crippen LogP contribution in [0.3, 0.4) is 0 Å². The van der Waals surface area contributed by atoms with E-state index in [1.807, 2.05) is 0 Å². The largest absolute Gasteiger partial charge is 0.417 e. The van der Waals surface area contributed by atoms with Crippen LogP contribution in [-0.4, -0.2) is 35.7 Å². The highest BCUT2D eigenvalue weighted by atomic mass is 16.4. The maximum atomic E-state index is 11.8. The molecule has 0 saturated carbocycles. The minimum atomic E-state index is -0.964. The molecule has 0 bridgehead atoms. The van der Waals surface area contributed by atoms with Crippen LogP contribution in [0, 0.1) is 0 Å². The zero-order valence-electron chi connectivity index (χ0n) is 9.71. The monoisotopic (exact) mass is 251 g/mol. The van der Waals surface area contributed by atoms with Gasteiger partial charge < -0.3 is 20.2 Å². The van der Waals surface area contributed by atoms with Crippen LogP contribution in [-0.2, 0) is 4.79 Å². The Labute approximate surface area is 102 Å². The zero-order valence-corrected chi connectivity index (χ0v) is 9.71. The third-order valence-electron chi connectivity index (χ3n) is 2.63. The van der Waals surface area contributed by atoms with Gasteiger partial charge in [-0.2, -0.15) is 0 Å². The predicted molar refractivity (Wildman–Crippen MR) is 65.3 cm³/mol. The Morgan fingerprint density at radius 1 is 1.61 bits per heavy atom. The minimum Gasteiger partial charge on any atom is -0.408 e. The molecule has 7 heteroatoms. The molecule has 7 nitrogen and oxygen atoms in total. The van der Waals surface area contributed by atoms with E-state index in [4.69, 9.17) is 15.3 Å². The van der Waals surface area contributed by atoms with Crippen molar-refractivity contribution in [2.75, 3.05) is 18.6 Å². The normalized spacial score (nSPS) is 12.6. The molecular formula is C11H13N3O4. The van der Waals surface area contributed by atoms with Gasteiger partial charge in [-0.15, -0.1) is 0 Å². The third kappa shape index (κ3) is 2.13. The molecule has 1 atom stereocenters. The zero-order chi connectivity index (χ0) is 13.3. The number of hydrogen-bond acceptors (Lipinski definition) is 5. The lowest BCUT2D eigenvalue weighted by Gasteiger charge is -2.20.